The summed E-state index contributed by atoms with van der Waals surface area (Å²) in [5.41, 5.74) is 2.62. The topological polar surface area (TPSA) is 12.0 Å². The molecular formula is C14H14Br3NS. The third kappa shape index (κ3) is 3.70. The third-order valence-electron chi connectivity index (χ3n) is 2.90. The quantitative estimate of drug-likeness (QED) is 0.577. The van der Waals surface area contributed by atoms with Crippen molar-refractivity contribution in [1.29, 1.82) is 0 Å². The molecule has 2 aromatic rings. The minimum atomic E-state index is 0.241. The average Bonchev–Trinajstić information content (AvgIpc) is 2.67. The molecule has 1 atom stereocenters. The molecule has 5 heteroatoms. The van der Waals surface area contributed by atoms with E-state index in [4.69, 9.17) is 0 Å². The lowest BCUT2D eigenvalue weighted by Crippen LogP contribution is -2.21. The van der Waals surface area contributed by atoms with Gasteiger partial charge >= 0.3 is 0 Å². The highest BCUT2D eigenvalue weighted by atomic mass is 79.9. The summed E-state index contributed by atoms with van der Waals surface area (Å²) < 4.78 is 3.38. The Morgan fingerprint density at radius 1 is 1.21 bits per heavy atom. The van der Waals surface area contributed by atoms with Crippen molar-refractivity contribution in [1.82, 2.24) is 5.32 Å². The second-order valence-electron chi connectivity index (χ2n) is 4.26. The van der Waals surface area contributed by atoms with Gasteiger partial charge < -0.3 is 5.32 Å². The van der Waals surface area contributed by atoms with Crippen LogP contribution in [0.15, 0.2) is 37.0 Å². The van der Waals surface area contributed by atoms with Crippen LogP contribution in [-0.4, -0.2) is 6.54 Å². The fourth-order valence-electron chi connectivity index (χ4n) is 2.04. The standard InChI is InChI=1S/C14H14Br3NS/c1-3-18-13(12-7-11(16)14(17)19-12)10-5-4-9(15)6-8(10)2/h4-7,13,18H,3H2,1-2H3. The lowest BCUT2D eigenvalue weighted by molar-refractivity contribution is 0.636. The Hall–Kier alpha value is 0.320. The van der Waals surface area contributed by atoms with E-state index in [1.54, 1.807) is 11.3 Å². The minimum Gasteiger partial charge on any atom is -0.306 e. The molecule has 0 saturated carbocycles. The number of nitrogens with one attached hydrogen (secondary N) is 1. The zero-order valence-electron chi connectivity index (χ0n) is 10.6. The molecule has 2 rings (SSSR count). The first-order valence-corrected chi connectivity index (χ1v) is 9.16. The van der Waals surface area contributed by atoms with Crippen LogP contribution < -0.4 is 5.32 Å². The van der Waals surface area contributed by atoms with E-state index in [-0.39, 0.29) is 6.04 Å². The minimum absolute atomic E-state index is 0.241. The van der Waals surface area contributed by atoms with E-state index in [0.717, 1.165) is 19.3 Å². The lowest BCUT2D eigenvalue weighted by Gasteiger charge is -2.19. The van der Waals surface area contributed by atoms with Crippen molar-refractivity contribution in [3.05, 3.63) is 53.0 Å². The van der Waals surface area contributed by atoms with Crippen molar-refractivity contribution in [3.8, 4) is 0 Å². The molecule has 0 fully saturated rings. The number of benzene rings is 1. The van der Waals surface area contributed by atoms with Gasteiger partial charge in [-0.3, -0.25) is 0 Å². The van der Waals surface area contributed by atoms with E-state index >= 15 is 0 Å². The summed E-state index contributed by atoms with van der Waals surface area (Å²) in [4.78, 5) is 1.31. The summed E-state index contributed by atoms with van der Waals surface area (Å²) >= 11 is 12.4. The molecule has 0 radical (unpaired) electrons. The van der Waals surface area contributed by atoms with Crippen LogP contribution >= 0.6 is 59.1 Å². The summed E-state index contributed by atoms with van der Waals surface area (Å²) in [5.74, 6) is 0. The van der Waals surface area contributed by atoms with Crippen LogP contribution in [0.25, 0.3) is 0 Å². The third-order valence-corrected chi connectivity index (χ3v) is 6.71. The van der Waals surface area contributed by atoms with E-state index in [0.29, 0.717) is 0 Å². The molecule has 1 aromatic heterocycles. The highest BCUT2D eigenvalue weighted by Crippen LogP contribution is 2.38. The van der Waals surface area contributed by atoms with Crippen molar-refractivity contribution >= 4 is 59.1 Å². The molecule has 0 amide bonds. The van der Waals surface area contributed by atoms with Gasteiger partial charge in [-0.05, 0) is 74.7 Å². The number of thiophene rings is 1. The zero-order chi connectivity index (χ0) is 14.0. The number of aryl methyl sites for hydroxylation is 1. The maximum atomic E-state index is 3.57. The molecule has 1 heterocycles. The first-order chi connectivity index (χ1) is 9.02. The normalized spacial score (nSPS) is 12.7. The lowest BCUT2D eigenvalue weighted by atomic mass is 10.00. The van der Waals surface area contributed by atoms with Crippen LogP contribution in [0.1, 0.15) is 29.0 Å². The molecule has 1 nitrogen and oxygen atoms in total. The predicted octanol–water partition coefficient (Wildman–Crippen LogP) is 6.04. The highest BCUT2D eigenvalue weighted by Gasteiger charge is 2.18. The van der Waals surface area contributed by atoms with Crippen molar-refractivity contribution in [2.45, 2.75) is 19.9 Å². The van der Waals surface area contributed by atoms with Gasteiger partial charge in [0.25, 0.3) is 0 Å². The van der Waals surface area contributed by atoms with E-state index in [1.165, 1.54) is 16.0 Å². The molecule has 0 aliphatic carbocycles. The Morgan fingerprint density at radius 2 is 1.95 bits per heavy atom. The van der Waals surface area contributed by atoms with E-state index in [9.17, 15) is 0 Å². The van der Waals surface area contributed by atoms with Gasteiger partial charge in [0.05, 0.1) is 9.83 Å². The summed E-state index contributed by atoms with van der Waals surface area (Å²) in [5, 5.41) is 3.57. The average molecular weight is 468 g/mol. The van der Waals surface area contributed by atoms with Crippen LogP contribution in [0, 0.1) is 6.92 Å². The van der Waals surface area contributed by atoms with Gasteiger partial charge in [0.15, 0.2) is 0 Å². The first kappa shape index (κ1) is 15.7. The Labute approximate surface area is 143 Å². The number of hydrogen-bond donors (Lipinski definition) is 1. The zero-order valence-corrected chi connectivity index (χ0v) is 16.2. The first-order valence-electron chi connectivity index (χ1n) is 5.97. The number of halogens is 3. The van der Waals surface area contributed by atoms with Crippen LogP contribution in [0.2, 0.25) is 0 Å². The van der Waals surface area contributed by atoms with Crippen molar-refractivity contribution in [3.63, 3.8) is 0 Å². The Balaban J connectivity index is 2.44. The van der Waals surface area contributed by atoms with Gasteiger partial charge in [-0.25, -0.2) is 0 Å². The van der Waals surface area contributed by atoms with Gasteiger partial charge in [0.2, 0.25) is 0 Å². The Kier molecular flexibility index (Phi) is 5.66. The SMILES string of the molecule is CCNC(c1cc(Br)c(Br)s1)c1ccc(Br)cc1C. The maximum Gasteiger partial charge on any atom is 0.0843 e. The largest absolute Gasteiger partial charge is 0.306 e. The van der Waals surface area contributed by atoms with E-state index < -0.39 is 0 Å². The smallest absolute Gasteiger partial charge is 0.0843 e. The van der Waals surface area contributed by atoms with Crippen molar-refractivity contribution in [2.24, 2.45) is 0 Å². The summed E-state index contributed by atoms with van der Waals surface area (Å²) in [6.07, 6.45) is 0. The van der Waals surface area contributed by atoms with E-state index in [2.05, 4.69) is 91.2 Å². The maximum absolute atomic E-state index is 3.57. The van der Waals surface area contributed by atoms with Crippen LogP contribution in [-0.2, 0) is 0 Å². The summed E-state index contributed by atoms with van der Waals surface area (Å²) in [6, 6.07) is 8.88. The molecule has 19 heavy (non-hydrogen) atoms. The fraction of sp³-hybridized carbons (Fsp3) is 0.286. The van der Waals surface area contributed by atoms with Crippen LogP contribution in [0.5, 0.6) is 0 Å². The molecule has 0 saturated heterocycles. The number of hydrogen-bond acceptors (Lipinski definition) is 2. The molecule has 0 bridgehead atoms. The molecule has 1 aromatic carbocycles. The highest BCUT2D eigenvalue weighted by molar-refractivity contribution is 9.13. The molecule has 0 aliphatic rings. The second-order valence-corrected chi connectivity index (χ2v) is 8.43. The van der Waals surface area contributed by atoms with Gasteiger partial charge in [0.1, 0.15) is 0 Å². The van der Waals surface area contributed by atoms with Crippen LogP contribution in [0.3, 0.4) is 0 Å². The van der Waals surface area contributed by atoms with E-state index in [1.807, 2.05) is 0 Å². The Bertz CT molecular complexity index is 561. The van der Waals surface area contributed by atoms with Crippen LogP contribution in [0.4, 0.5) is 0 Å². The molecule has 1 N–H and O–H groups in total. The van der Waals surface area contributed by atoms with Gasteiger partial charge in [0, 0.05) is 13.8 Å². The molecule has 0 aliphatic heterocycles. The predicted molar refractivity (Wildman–Crippen MR) is 94.1 cm³/mol. The second kappa shape index (κ2) is 6.85. The van der Waals surface area contributed by atoms with Gasteiger partial charge in [-0.2, -0.15) is 0 Å². The van der Waals surface area contributed by atoms with Gasteiger partial charge in [-0.1, -0.05) is 28.9 Å². The Morgan fingerprint density at radius 3 is 2.47 bits per heavy atom. The molecule has 102 valence electrons. The summed E-state index contributed by atoms with van der Waals surface area (Å²) in [7, 11) is 0. The number of rotatable bonds is 4. The molecular weight excluding hydrogens is 454 g/mol. The van der Waals surface area contributed by atoms with Crippen molar-refractivity contribution in [2.75, 3.05) is 6.54 Å². The van der Waals surface area contributed by atoms with Crippen molar-refractivity contribution < 1.29 is 0 Å². The summed E-state index contributed by atoms with van der Waals surface area (Å²) in [6.45, 7) is 5.23. The monoisotopic (exact) mass is 465 g/mol. The fourth-order valence-corrected chi connectivity index (χ4v) is 4.70. The van der Waals surface area contributed by atoms with Gasteiger partial charge in [-0.15, -0.1) is 11.3 Å². The molecule has 1 unspecified atom stereocenters. The molecule has 0 spiro atoms.